The van der Waals surface area contributed by atoms with Crippen LogP contribution >= 0.6 is 11.3 Å². The number of nitrogens with one attached hydrogen (secondary N) is 1. The molecule has 0 radical (unpaired) electrons. The van der Waals surface area contributed by atoms with Gasteiger partial charge in [0.25, 0.3) is 0 Å². The van der Waals surface area contributed by atoms with Crippen LogP contribution in [0, 0.1) is 0 Å². The fourth-order valence-corrected chi connectivity index (χ4v) is 2.55. The van der Waals surface area contributed by atoms with Gasteiger partial charge in [0.15, 0.2) is 0 Å². The first kappa shape index (κ1) is 10.6. The Morgan fingerprint density at radius 3 is 2.87 bits per heavy atom. The van der Waals surface area contributed by atoms with Crippen LogP contribution in [0.25, 0.3) is 0 Å². The second kappa shape index (κ2) is 4.33. The molecule has 2 rings (SSSR count). The molecule has 4 heteroatoms. The molecule has 0 spiro atoms. The lowest BCUT2D eigenvalue weighted by molar-refractivity contribution is -0.120. The van der Waals surface area contributed by atoms with Gasteiger partial charge in [-0.15, -0.1) is 11.3 Å². The Labute approximate surface area is 93.7 Å². The minimum absolute atomic E-state index is 0.272. The SMILES string of the molecule is CCc1ccc(C(NC2CC2)C(N)=O)s1. The zero-order valence-corrected chi connectivity index (χ0v) is 9.64. The lowest BCUT2D eigenvalue weighted by atomic mass is 10.2. The van der Waals surface area contributed by atoms with Crippen LogP contribution in [-0.4, -0.2) is 11.9 Å². The molecule has 1 aromatic rings. The van der Waals surface area contributed by atoms with Gasteiger partial charge in [-0.2, -0.15) is 0 Å². The summed E-state index contributed by atoms with van der Waals surface area (Å²) in [5.41, 5.74) is 5.40. The smallest absolute Gasteiger partial charge is 0.240 e. The number of rotatable bonds is 5. The van der Waals surface area contributed by atoms with Gasteiger partial charge >= 0.3 is 0 Å². The van der Waals surface area contributed by atoms with Gasteiger partial charge in [-0.1, -0.05) is 6.92 Å². The summed E-state index contributed by atoms with van der Waals surface area (Å²) in [5.74, 6) is -0.272. The molecule has 1 aromatic heterocycles. The molecule has 1 atom stereocenters. The molecule has 1 unspecified atom stereocenters. The Balaban J connectivity index is 2.11. The number of nitrogens with two attached hydrogens (primary N) is 1. The molecule has 15 heavy (non-hydrogen) atoms. The molecule has 1 fully saturated rings. The maximum atomic E-state index is 11.3. The van der Waals surface area contributed by atoms with E-state index < -0.39 is 0 Å². The van der Waals surface area contributed by atoms with Crippen molar-refractivity contribution in [3.8, 4) is 0 Å². The van der Waals surface area contributed by atoms with Crippen molar-refractivity contribution >= 4 is 17.2 Å². The van der Waals surface area contributed by atoms with Gasteiger partial charge < -0.3 is 5.73 Å². The van der Waals surface area contributed by atoms with Crippen LogP contribution in [0.3, 0.4) is 0 Å². The van der Waals surface area contributed by atoms with Crippen LogP contribution in [-0.2, 0) is 11.2 Å². The van der Waals surface area contributed by atoms with E-state index in [1.165, 1.54) is 4.88 Å². The maximum absolute atomic E-state index is 11.3. The average molecular weight is 224 g/mol. The highest BCUT2D eigenvalue weighted by atomic mass is 32.1. The maximum Gasteiger partial charge on any atom is 0.240 e. The zero-order valence-electron chi connectivity index (χ0n) is 8.82. The molecule has 1 saturated carbocycles. The van der Waals surface area contributed by atoms with E-state index in [1.54, 1.807) is 11.3 Å². The minimum Gasteiger partial charge on any atom is -0.368 e. The third kappa shape index (κ3) is 2.58. The predicted molar refractivity (Wildman–Crippen MR) is 61.8 cm³/mol. The Morgan fingerprint density at radius 1 is 1.67 bits per heavy atom. The summed E-state index contributed by atoms with van der Waals surface area (Å²) in [7, 11) is 0. The van der Waals surface area contributed by atoms with Gasteiger partial charge in [0.1, 0.15) is 6.04 Å². The normalized spacial score (nSPS) is 17.7. The molecular weight excluding hydrogens is 208 g/mol. The van der Waals surface area contributed by atoms with Gasteiger partial charge in [-0.3, -0.25) is 10.1 Å². The fraction of sp³-hybridized carbons (Fsp3) is 0.545. The zero-order chi connectivity index (χ0) is 10.8. The molecule has 0 aliphatic heterocycles. The number of amides is 1. The Morgan fingerprint density at radius 2 is 2.40 bits per heavy atom. The van der Waals surface area contributed by atoms with E-state index in [2.05, 4.69) is 18.3 Å². The number of hydrogen-bond donors (Lipinski definition) is 2. The summed E-state index contributed by atoms with van der Waals surface area (Å²) < 4.78 is 0. The summed E-state index contributed by atoms with van der Waals surface area (Å²) >= 11 is 1.68. The minimum atomic E-state index is -0.289. The van der Waals surface area contributed by atoms with Crippen LogP contribution in [0.1, 0.15) is 35.6 Å². The second-order valence-corrected chi connectivity index (χ2v) is 5.13. The van der Waals surface area contributed by atoms with E-state index in [0.717, 1.165) is 24.1 Å². The summed E-state index contributed by atoms with van der Waals surface area (Å²) in [5, 5.41) is 3.28. The van der Waals surface area contributed by atoms with E-state index >= 15 is 0 Å². The van der Waals surface area contributed by atoms with Crippen LogP contribution in [0.4, 0.5) is 0 Å². The number of primary amides is 1. The van der Waals surface area contributed by atoms with Gasteiger partial charge in [0.05, 0.1) is 0 Å². The summed E-state index contributed by atoms with van der Waals surface area (Å²) in [6, 6.07) is 4.29. The van der Waals surface area contributed by atoms with Crippen LogP contribution in [0.5, 0.6) is 0 Å². The first-order chi connectivity index (χ1) is 7.20. The van der Waals surface area contributed by atoms with Gasteiger partial charge in [-0.25, -0.2) is 0 Å². The monoisotopic (exact) mass is 224 g/mol. The largest absolute Gasteiger partial charge is 0.368 e. The van der Waals surface area contributed by atoms with Gasteiger partial charge in [-0.05, 0) is 31.4 Å². The number of hydrogen-bond acceptors (Lipinski definition) is 3. The average Bonchev–Trinajstić information content (AvgIpc) is 2.91. The van der Waals surface area contributed by atoms with Crippen molar-refractivity contribution < 1.29 is 4.79 Å². The number of carbonyl (C=O) groups is 1. The van der Waals surface area contributed by atoms with Crippen molar-refractivity contribution in [1.29, 1.82) is 0 Å². The Kier molecular flexibility index (Phi) is 3.07. The van der Waals surface area contributed by atoms with Crippen molar-refractivity contribution in [2.75, 3.05) is 0 Å². The summed E-state index contributed by atoms with van der Waals surface area (Å²) in [6.45, 7) is 2.11. The molecule has 3 N–H and O–H groups in total. The molecule has 1 amide bonds. The first-order valence-electron chi connectivity index (χ1n) is 5.34. The summed E-state index contributed by atoms with van der Waals surface area (Å²) in [6.07, 6.45) is 3.34. The Bertz CT molecular complexity index is 357. The molecular formula is C11H16N2OS. The molecule has 1 aliphatic carbocycles. The van der Waals surface area contributed by atoms with Crippen LogP contribution < -0.4 is 11.1 Å². The van der Waals surface area contributed by atoms with E-state index in [4.69, 9.17) is 5.73 Å². The fourth-order valence-electron chi connectivity index (χ4n) is 1.53. The quantitative estimate of drug-likeness (QED) is 0.798. The van der Waals surface area contributed by atoms with Gasteiger partial charge in [0, 0.05) is 15.8 Å². The van der Waals surface area contributed by atoms with E-state index in [1.807, 2.05) is 6.07 Å². The molecule has 82 valence electrons. The van der Waals surface area contributed by atoms with Crippen molar-refractivity contribution in [3.63, 3.8) is 0 Å². The third-order valence-corrected chi connectivity index (χ3v) is 3.87. The molecule has 0 saturated heterocycles. The highest BCUT2D eigenvalue weighted by molar-refractivity contribution is 7.12. The molecule has 3 nitrogen and oxygen atoms in total. The van der Waals surface area contributed by atoms with Crippen LogP contribution in [0.2, 0.25) is 0 Å². The molecule has 0 bridgehead atoms. The molecule has 0 aromatic carbocycles. The number of carbonyl (C=O) groups excluding carboxylic acids is 1. The first-order valence-corrected chi connectivity index (χ1v) is 6.16. The standard InChI is InChI=1S/C11H16N2OS/c1-2-8-5-6-9(15-8)10(11(12)14)13-7-3-4-7/h5-7,10,13H,2-4H2,1H3,(H2,12,14). The predicted octanol–water partition coefficient (Wildman–Crippen LogP) is 1.59. The second-order valence-electron chi connectivity index (χ2n) is 3.93. The third-order valence-electron chi connectivity index (χ3n) is 2.58. The molecule has 1 aliphatic rings. The van der Waals surface area contributed by atoms with Crippen molar-refractivity contribution in [2.45, 2.75) is 38.3 Å². The highest BCUT2D eigenvalue weighted by Crippen LogP contribution is 2.28. The van der Waals surface area contributed by atoms with E-state index in [9.17, 15) is 4.79 Å². The lowest BCUT2D eigenvalue weighted by Crippen LogP contribution is -2.34. The van der Waals surface area contributed by atoms with Crippen molar-refractivity contribution in [1.82, 2.24) is 5.32 Å². The lowest BCUT2D eigenvalue weighted by Gasteiger charge is -2.12. The van der Waals surface area contributed by atoms with Crippen molar-refractivity contribution in [2.24, 2.45) is 5.73 Å². The van der Waals surface area contributed by atoms with Gasteiger partial charge in [0.2, 0.25) is 5.91 Å². The number of thiophene rings is 1. The van der Waals surface area contributed by atoms with Crippen LogP contribution in [0.15, 0.2) is 12.1 Å². The topological polar surface area (TPSA) is 55.1 Å². The van der Waals surface area contributed by atoms with E-state index in [-0.39, 0.29) is 11.9 Å². The van der Waals surface area contributed by atoms with E-state index in [0.29, 0.717) is 6.04 Å². The highest BCUT2D eigenvalue weighted by Gasteiger charge is 2.28. The number of aryl methyl sites for hydroxylation is 1. The summed E-state index contributed by atoms with van der Waals surface area (Å²) in [4.78, 5) is 13.7. The Hall–Kier alpha value is -0.870. The van der Waals surface area contributed by atoms with Crippen molar-refractivity contribution in [3.05, 3.63) is 21.9 Å². The molecule has 1 heterocycles.